The summed E-state index contributed by atoms with van der Waals surface area (Å²) in [6, 6.07) is 13.4. The molecule has 0 unspecified atom stereocenters. The Morgan fingerprint density at radius 3 is 2.39 bits per heavy atom. The molecule has 0 spiro atoms. The number of nitrogens with one attached hydrogen (secondary N) is 1. The molecule has 1 fully saturated rings. The first kappa shape index (κ1) is 29.8. The Labute approximate surface area is 231 Å². The molecule has 38 heavy (non-hydrogen) atoms. The zero-order valence-corrected chi connectivity index (χ0v) is 23.9. The Hall–Kier alpha value is -2.78. The first-order valence-corrected chi connectivity index (χ1v) is 15.3. The number of rotatable bonds is 12. The van der Waals surface area contributed by atoms with Gasteiger partial charge in [-0.2, -0.15) is 0 Å². The van der Waals surface area contributed by atoms with E-state index in [4.69, 9.17) is 16.3 Å². The van der Waals surface area contributed by atoms with Crippen LogP contribution in [0.15, 0.2) is 48.5 Å². The van der Waals surface area contributed by atoms with Crippen LogP contribution in [0.3, 0.4) is 0 Å². The lowest BCUT2D eigenvalue weighted by molar-refractivity contribution is -0.141. The predicted molar refractivity (Wildman–Crippen MR) is 151 cm³/mol. The van der Waals surface area contributed by atoms with Crippen LogP contribution in [-0.4, -0.2) is 57.1 Å². The summed E-state index contributed by atoms with van der Waals surface area (Å²) in [5.41, 5.74) is 1.32. The summed E-state index contributed by atoms with van der Waals surface area (Å²) < 4.78 is 31.4. The average molecular weight is 564 g/mol. The smallest absolute Gasteiger partial charge is 0.242 e. The third kappa shape index (κ3) is 8.63. The molecule has 0 radical (unpaired) electrons. The molecule has 10 heteroatoms. The summed E-state index contributed by atoms with van der Waals surface area (Å²) in [6.45, 7) is 2.10. The number of carbonyl (C=O) groups is 2. The van der Waals surface area contributed by atoms with Crippen LogP contribution >= 0.6 is 11.6 Å². The standard InChI is InChI=1S/C28H38ClN3O5S/c1-21(28(34)30-24-11-5-4-6-12-24)31(20-22-9-7-10-23(29)19-22)27(33)13-8-18-32(38(3,35)36)25-14-16-26(37-2)17-15-25/h7,9-10,14-17,19,21,24H,4-6,8,11-13,18,20H2,1-3H3,(H,30,34)/t21-/m1/s1. The summed E-state index contributed by atoms with van der Waals surface area (Å²) in [7, 11) is -2.02. The van der Waals surface area contributed by atoms with Gasteiger partial charge in [-0.15, -0.1) is 0 Å². The number of hydrogen-bond donors (Lipinski definition) is 1. The van der Waals surface area contributed by atoms with Crippen molar-refractivity contribution in [2.75, 3.05) is 24.2 Å². The van der Waals surface area contributed by atoms with E-state index >= 15 is 0 Å². The predicted octanol–water partition coefficient (Wildman–Crippen LogP) is 4.76. The summed E-state index contributed by atoms with van der Waals surface area (Å²) in [5, 5.41) is 3.67. The molecule has 2 aromatic rings. The molecule has 0 saturated heterocycles. The second-order valence-corrected chi connectivity index (χ2v) is 12.2. The van der Waals surface area contributed by atoms with Crippen LogP contribution in [0.1, 0.15) is 57.4 Å². The number of anilines is 1. The fourth-order valence-corrected chi connectivity index (χ4v) is 5.91. The lowest BCUT2D eigenvalue weighted by Crippen LogP contribution is -2.50. The van der Waals surface area contributed by atoms with Gasteiger partial charge in [0.15, 0.2) is 0 Å². The van der Waals surface area contributed by atoms with E-state index < -0.39 is 16.1 Å². The van der Waals surface area contributed by atoms with Crippen molar-refractivity contribution in [1.82, 2.24) is 10.2 Å². The summed E-state index contributed by atoms with van der Waals surface area (Å²) in [4.78, 5) is 28.1. The number of sulfonamides is 1. The van der Waals surface area contributed by atoms with Gasteiger partial charge in [0.2, 0.25) is 21.8 Å². The van der Waals surface area contributed by atoms with Crippen LogP contribution in [0.2, 0.25) is 5.02 Å². The lowest BCUT2D eigenvalue weighted by Gasteiger charge is -2.31. The molecule has 208 valence electrons. The van der Waals surface area contributed by atoms with Gasteiger partial charge in [0.1, 0.15) is 11.8 Å². The third-order valence-corrected chi connectivity index (χ3v) is 8.30. The zero-order chi connectivity index (χ0) is 27.7. The molecule has 0 bridgehead atoms. The monoisotopic (exact) mass is 563 g/mol. The minimum Gasteiger partial charge on any atom is -0.497 e. The summed E-state index contributed by atoms with van der Waals surface area (Å²) in [5.74, 6) is 0.220. The lowest BCUT2D eigenvalue weighted by atomic mass is 9.95. The van der Waals surface area contributed by atoms with E-state index in [1.165, 1.54) is 10.7 Å². The fraction of sp³-hybridized carbons (Fsp3) is 0.500. The van der Waals surface area contributed by atoms with Gasteiger partial charge in [0.05, 0.1) is 19.1 Å². The molecular formula is C28H38ClN3O5S. The zero-order valence-electron chi connectivity index (χ0n) is 22.4. The molecule has 1 saturated carbocycles. The van der Waals surface area contributed by atoms with Gasteiger partial charge in [0.25, 0.3) is 0 Å². The van der Waals surface area contributed by atoms with E-state index in [0.717, 1.165) is 37.5 Å². The molecule has 1 aliphatic carbocycles. The second-order valence-electron chi connectivity index (χ2n) is 9.81. The third-order valence-electron chi connectivity index (χ3n) is 6.87. The van der Waals surface area contributed by atoms with E-state index in [2.05, 4.69) is 5.32 Å². The first-order valence-electron chi connectivity index (χ1n) is 13.0. The summed E-state index contributed by atoms with van der Waals surface area (Å²) >= 11 is 6.16. The number of nitrogens with zero attached hydrogens (tertiary/aromatic N) is 2. The van der Waals surface area contributed by atoms with Gasteiger partial charge >= 0.3 is 0 Å². The Bertz CT molecular complexity index is 1180. The normalized spacial score (nSPS) is 14.9. The average Bonchev–Trinajstić information content (AvgIpc) is 2.89. The van der Waals surface area contributed by atoms with Crippen molar-refractivity contribution in [3.63, 3.8) is 0 Å². The van der Waals surface area contributed by atoms with Gasteiger partial charge in [0, 0.05) is 30.6 Å². The van der Waals surface area contributed by atoms with E-state index in [1.54, 1.807) is 55.3 Å². The van der Waals surface area contributed by atoms with Crippen molar-refractivity contribution in [2.24, 2.45) is 0 Å². The van der Waals surface area contributed by atoms with Crippen molar-refractivity contribution < 1.29 is 22.7 Å². The maximum Gasteiger partial charge on any atom is 0.242 e. The minimum absolute atomic E-state index is 0.0871. The largest absolute Gasteiger partial charge is 0.497 e. The van der Waals surface area contributed by atoms with E-state index in [1.807, 2.05) is 12.1 Å². The van der Waals surface area contributed by atoms with Crippen molar-refractivity contribution in [3.05, 3.63) is 59.1 Å². The van der Waals surface area contributed by atoms with E-state index in [-0.39, 0.29) is 37.4 Å². The van der Waals surface area contributed by atoms with Gasteiger partial charge in [-0.25, -0.2) is 8.42 Å². The topological polar surface area (TPSA) is 96.0 Å². The van der Waals surface area contributed by atoms with Crippen LogP contribution in [0.25, 0.3) is 0 Å². The summed E-state index contributed by atoms with van der Waals surface area (Å²) in [6.07, 6.45) is 6.79. The highest BCUT2D eigenvalue weighted by Crippen LogP contribution is 2.23. The highest BCUT2D eigenvalue weighted by Gasteiger charge is 2.28. The van der Waals surface area contributed by atoms with Crippen LogP contribution in [-0.2, 0) is 26.2 Å². The highest BCUT2D eigenvalue weighted by molar-refractivity contribution is 7.92. The number of amides is 2. The Kier molecular flexibility index (Phi) is 10.8. The van der Waals surface area contributed by atoms with E-state index in [0.29, 0.717) is 22.9 Å². The van der Waals surface area contributed by atoms with Crippen molar-refractivity contribution >= 4 is 39.1 Å². The van der Waals surface area contributed by atoms with Gasteiger partial charge in [-0.3, -0.25) is 13.9 Å². The first-order chi connectivity index (χ1) is 18.1. The van der Waals surface area contributed by atoms with Gasteiger partial charge < -0.3 is 15.0 Å². The molecule has 0 aromatic heterocycles. The molecule has 3 rings (SSSR count). The molecule has 0 heterocycles. The number of benzene rings is 2. The van der Waals surface area contributed by atoms with Gasteiger partial charge in [-0.1, -0.05) is 43.0 Å². The second kappa shape index (κ2) is 13.8. The van der Waals surface area contributed by atoms with Crippen LogP contribution in [0.4, 0.5) is 5.69 Å². The highest BCUT2D eigenvalue weighted by atomic mass is 35.5. The van der Waals surface area contributed by atoms with E-state index in [9.17, 15) is 18.0 Å². The molecule has 1 aliphatic rings. The molecule has 8 nitrogen and oxygen atoms in total. The molecule has 1 atom stereocenters. The number of hydrogen-bond acceptors (Lipinski definition) is 5. The van der Waals surface area contributed by atoms with Crippen LogP contribution in [0.5, 0.6) is 5.75 Å². The van der Waals surface area contributed by atoms with Crippen molar-refractivity contribution in [1.29, 1.82) is 0 Å². The fourth-order valence-electron chi connectivity index (χ4n) is 4.74. The Balaban J connectivity index is 1.71. The molecule has 0 aliphatic heterocycles. The maximum atomic E-state index is 13.5. The molecular weight excluding hydrogens is 526 g/mol. The van der Waals surface area contributed by atoms with Gasteiger partial charge in [-0.05, 0) is 68.1 Å². The minimum atomic E-state index is -3.57. The number of ether oxygens (including phenoxy) is 1. The maximum absolute atomic E-state index is 13.5. The number of halogens is 1. The molecule has 1 N–H and O–H groups in total. The Morgan fingerprint density at radius 1 is 1.11 bits per heavy atom. The van der Waals surface area contributed by atoms with Crippen LogP contribution in [0, 0.1) is 0 Å². The molecule has 2 amide bonds. The number of carbonyl (C=O) groups excluding carboxylic acids is 2. The molecule has 2 aromatic carbocycles. The van der Waals surface area contributed by atoms with Crippen LogP contribution < -0.4 is 14.4 Å². The Morgan fingerprint density at radius 2 is 1.79 bits per heavy atom. The quantitative estimate of drug-likeness (QED) is 0.401. The SMILES string of the molecule is COc1ccc(N(CCCC(=O)N(Cc2cccc(Cl)c2)[C@H](C)C(=O)NC2CCCCC2)S(C)(=O)=O)cc1. The van der Waals surface area contributed by atoms with Crippen molar-refractivity contribution in [3.8, 4) is 5.75 Å². The number of methoxy groups -OCH3 is 1. The van der Waals surface area contributed by atoms with Crippen molar-refractivity contribution in [2.45, 2.75) is 70.5 Å².